The SMILES string of the molecule is CN(C(=O)NCc1cc2cc(Cl)ccc2[nH]1)C1CCCN(C(=O)C2(O)CCCC2)C1. The van der Waals surface area contributed by atoms with Gasteiger partial charge in [-0.1, -0.05) is 11.6 Å². The quantitative estimate of drug-likeness (QED) is 0.692. The molecule has 0 spiro atoms. The second-order valence-electron chi connectivity index (χ2n) is 8.58. The number of urea groups is 1. The third-order valence-corrected chi connectivity index (χ3v) is 6.68. The molecule has 1 aliphatic heterocycles. The number of carbonyl (C=O) groups excluding carboxylic acids is 2. The zero-order valence-corrected chi connectivity index (χ0v) is 18.0. The number of fused-ring (bicyclic) bond motifs is 1. The van der Waals surface area contributed by atoms with Gasteiger partial charge < -0.3 is 25.2 Å². The number of nitrogens with zero attached hydrogens (tertiary/aromatic N) is 2. The third kappa shape index (κ3) is 4.27. The molecule has 7 nitrogen and oxygen atoms in total. The smallest absolute Gasteiger partial charge is 0.317 e. The molecular weight excluding hydrogens is 404 g/mol. The summed E-state index contributed by atoms with van der Waals surface area (Å²) in [5, 5.41) is 15.3. The Balaban J connectivity index is 1.34. The van der Waals surface area contributed by atoms with Crippen molar-refractivity contribution in [1.29, 1.82) is 0 Å². The van der Waals surface area contributed by atoms with E-state index < -0.39 is 5.60 Å². The lowest BCUT2D eigenvalue weighted by molar-refractivity contribution is -0.152. The fourth-order valence-corrected chi connectivity index (χ4v) is 4.82. The first-order chi connectivity index (χ1) is 14.4. The van der Waals surface area contributed by atoms with E-state index in [1.54, 1.807) is 16.8 Å². The fraction of sp³-hybridized carbons (Fsp3) is 0.545. The summed E-state index contributed by atoms with van der Waals surface area (Å²) in [5.41, 5.74) is 0.669. The zero-order valence-electron chi connectivity index (χ0n) is 17.3. The van der Waals surface area contributed by atoms with Crippen LogP contribution in [-0.2, 0) is 11.3 Å². The predicted octanol–water partition coefficient (Wildman–Crippen LogP) is 3.26. The maximum Gasteiger partial charge on any atom is 0.317 e. The molecule has 2 aromatic rings. The molecule has 0 radical (unpaired) electrons. The van der Waals surface area contributed by atoms with Gasteiger partial charge in [-0.2, -0.15) is 0 Å². The number of piperidine rings is 1. The van der Waals surface area contributed by atoms with E-state index in [0.29, 0.717) is 37.5 Å². The van der Waals surface area contributed by atoms with E-state index in [0.717, 1.165) is 42.3 Å². The van der Waals surface area contributed by atoms with E-state index in [9.17, 15) is 14.7 Å². The van der Waals surface area contributed by atoms with Crippen LogP contribution in [0.5, 0.6) is 0 Å². The van der Waals surface area contributed by atoms with Crippen LogP contribution in [0.1, 0.15) is 44.2 Å². The van der Waals surface area contributed by atoms with Crippen molar-refractivity contribution >= 4 is 34.4 Å². The van der Waals surface area contributed by atoms with Gasteiger partial charge in [-0.3, -0.25) is 4.79 Å². The Morgan fingerprint density at radius 3 is 2.83 bits per heavy atom. The summed E-state index contributed by atoms with van der Waals surface area (Å²) in [4.78, 5) is 32.2. The normalized spacial score (nSPS) is 21.0. The van der Waals surface area contributed by atoms with E-state index in [-0.39, 0.29) is 18.0 Å². The number of hydrogen-bond donors (Lipinski definition) is 3. The first kappa shape index (κ1) is 21.0. The van der Waals surface area contributed by atoms with Gasteiger partial charge in [0.15, 0.2) is 0 Å². The average molecular weight is 433 g/mol. The Kier molecular flexibility index (Phi) is 5.93. The van der Waals surface area contributed by atoms with Crippen LogP contribution >= 0.6 is 11.6 Å². The minimum absolute atomic E-state index is 0.0609. The number of carbonyl (C=O) groups is 2. The summed E-state index contributed by atoms with van der Waals surface area (Å²) >= 11 is 6.03. The van der Waals surface area contributed by atoms with Gasteiger partial charge in [-0.05, 0) is 62.8 Å². The van der Waals surface area contributed by atoms with E-state index in [1.165, 1.54) is 0 Å². The van der Waals surface area contributed by atoms with Crippen molar-refractivity contribution in [3.8, 4) is 0 Å². The van der Waals surface area contributed by atoms with Crippen LogP contribution in [0.3, 0.4) is 0 Å². The number of halogens is 1. The molecule has 2 fully saturated rings. The van der Waals surface area contributed by atoms with Gasteiger partial charge >= 0.3 is 6.03 Å². The number of likely N-dealkylation sites (N-methyl/N-ethyl adjacent to an activating group) is 1. The molecule has 162 valence electrons. The minimum atomic E-state index is -1.21. The van der Waals surface area contributed by atoms with Crippen LogP contribution < -0.4 is 5.32 Å². The molecule has 1 atom stereocenters. The van der Waals surface area contributed by atoms with Gasteiger partial charge in [0.2, 0.25) is 0 Å². The van der Waals surface area contributed by atoms with Gasteiger partial charge in [0, 0.05) is 41.8 Å². The van der Waals surface area contributed by atoms with Crippen molar-refractivity contribution in [2.45, 2.75) is 56.7 Å². The van der Waals surface area contributed by atoms with Gasteiger partial charge in [0.1, 0.15) is 5.60 Å². The molecule has 0 bridgehead atoms. The zero-order chi connectivity index (χ0) is 21.3. The maximum absolute atomic E-state index is 12.8. The third-order valence-electron chi connectivity index (χ3n) is 6.45. The number of rotatable bonds is 4. The molecule has 2 heterocycles. The number of hydrogen-bond acceptors (Lipinski definition) is 3. The molecule has 30 heavy (non-hydrogen) atoms. The molecule has 1 saturated heterocycles. The van der Waals surface area contributed by atoms with Crippen LogP contribution in [0.4, 0.5) is 4.79 Å². The number of amides is 3. The minimum Gasteiger partial charge on any atom is -0.380 e. The van der Waals surface area contributed by atoms with E-state index in [2.05, 4.69) is 10.3 Å². The summed E-state index contributed by atoms with van der Waals surface area (Å²) in [6, 6.07) is 7.37. The van der Waals surface area contributed by atoms with Crippen LogP contribution in [0, 0.1) is 0 Å². The summed E-state index contributed by atoms with van der Waals surface area (Å²) in [6.45, 7) is 1.49. The van der Waals surface area contributed by atoms with Crippen molar-refractivity contribution in [3.63, 3.8) is 0 Å². The lowest BCUT2D eigenvalue weighted by Crippen LogP contribution is -2.56. The standard InChI is InChI=1S/C22H29ClN4O3/c1-26(18-5-4-10-27(14-18)20(28)22(30)8-2-3-9-22)21(29)24-13-17-12-15-11-16(23)6-7-19(15)25-17/h6-7,11-12,18,25,30H,2-5,8-10,13-14H2,1H3,(H,24,29). The first-order valence-corrected chi connectivity index (χ1v) is 11.0. The molecule has 1 saturated carbocycles. The number of aromatic amines is 1. The number of aromatic nitrogens is 1. The average Bonchev–Trinajstić information content (AvgIpc) is 3.37. The molecule has 4 rings (SSSR count). The van der Waals surface area contributed by atoms with Gasteiger partial charge in [-0.25, -0.2) is 4.79 Å². The Morgan fingerprint density at radius 1 is 1.30 bits per heavy atom. The van der Waals surface area contributed by atoms with Crippen molar-refractivity contribution < 1.29 is 14.7 Å². The molecule has 1 unspecified atom stereocenters. The molecule has 8 heteroatoms. The summed E-state index contributed by atoms with van der Waals surface area (Å²) in [7, 11) is 1.77. The van der Waals surface area contributed by atoms with Gasteiger partial charge in [0.25, 0.3) is 5.91 Å². The monoisotopic (exact) mass is 432 g/mol. The summed E-state index contributed by atoms with van der Waals surface area (Å²) in [6.07, 6.45) is 4.53. The maximum atomic E-state index is 12.8. The van der Waals surface area contributed by atoms with Crippen LogP contribution in [0.15, 0.2) is 24.3 Å². The number of H-pyrrole nitrogens is 1. The second-order valence-corrected chi connectivity index (χ2v) is 9.02. The number of nitrogens with one attached hydrogen (secondary N) is 2. The van der Waals surface area contributed by atoms with E-state index >= 15 is 0 Å². The molecular formula is C22H29ClN4O3. The second kappa shape index (κ2) is 8.47. The molecule has 1 aromatic carbocycles. The van der Waals surface area contributed by atoms with Gasteiger partial charge in [0.05, 0.1) is 12.6 Å². The Bertz CT molecular complexity index is 938. The first-order valence-electron chi connectivity index (χ1n) is 10.7. The highest BCUT2D eigenvalue weighted by atomic mass is 35.5. The fourth-order valence-electron chi connectivity index (χ4n) is 4.64. The van der Waals surface area contributed by atoms with Crippen LogP contribution in [0.25, 0.3) is 10.9 Å². The largest absolute Gasteiger partial charge is 0.380 e. The Labute approximate surface area is 181 Å². The lowest BCUT2D eigenvalue weighted by atomic mass is 9.97. The van der Waals surface area contributed by atoms with Crippen molar-refractivity contribution in [3.05, 3.63) is 35.0 Å². The Hall–Kier alpha value is -2.25. The van der Waals surface area contributed by atoms with Crippen molar-refractivity contribution in [1.82, 2.24) is 20.1 Å². The molecule has 3 N–H and O–H groups in total. The molecule has 1 aliphatic carbocycles. The molecule has 3 amide bonds. The highest BCUT2D eigenvalue weighted by Gasteiger charge is 2.43. The predicted molar refractivity (Wildman–Crippen MR) is 116 cm³/mol. The topological polar surface area (TPSA) is 88.7 Å². The van der Waals surface area contributed by atoms with Crippen LogP contribution in [-0.4, -0.2) is 63.6 Å². The van der Waals surface area contributed by atoms with Crippen LogP contribution in [0.2, 0.25) is 5.02 Å². The number of aliphatic hydroxyl groups is 1. The Morgan fingerprint density at radius 2 is 2.07 bits per heavy atom. The lowest BCUT2D eigenvalue weighted by Gasteiger charge is -2.40. The highest BCUT2D eigenvalue weighted by Crippen LogP contribution is 2.32. The molecule has 2 aliphatic rings. The highest BCUT2D eigenvalue weighted by molar-refractivity contribution is 6.31. The number of likely N-dealkylation sites (tertiary alicyclic amines) is 1. The molecule has 1 aromatic heterocycles. The number of benzene rings is 1. The van der Waals surface area contributed by atoms with Crippen molar-refractivity contribution in [2.24, 2.45) is 0 Å². The van der Waals surface area contributed by atoms with Gasteiger partial charge in [-0.15, -0.1) is 0 Å². The summed E-state index contributed by atoms with van der Waals surface area (Å²) < 4.78 is 0. The van der Waals surface area contributed by atoms with E-state index in [4.69, 9.17) is 11.6 Å². The van der Waals surface area contributed by atoms with Crippen molar-refractivity contribution in [2.75, 3.05) is 20.1 Å². The summed E-state index contributed by atoms with van der Waals surface area (Å²) in [5.74, 6) is -0.171. The van der Waals surface area contributed by atoms with E-state index in [1.807, 2.05) is 24.3 Å².